The number of hydrogen-bond acceptors (Lipinski definition) is 1. The Balaban J connectivity index is 2.06. The molecular formula is C12H14N2. The molecule has 2 nitrogen and oxygen atoms in total. The summed E-state index contributed by atoms with van der Waals surface area (Å²) < 4.78 is 2.34. The zero-order chi connectivity index (χ0) is 9.54. The minimum Gasteiger partial charge on any atom is -0.399 e. The van der Waals surface area contributed by atoms with Crippen molar-refractivity contribution in [3.05, 3.63) is 30.5 Å². The Morgan fingerprint density at radius 2 is 2.14 bits per heavy atom. The van der Waals surface area contributed by atoms with E-state index in [-0.39, 0.29) is 0 Å². The Bertz CT molecular complexity index is 466. The molecule has 72 valence electrons. The average Bonchev–Trinajstić information content (AvgIpc) is 2.89. The topological polar surface area (TPSA) is 30.9 Å². The summed E-state index contributed by atoms with van der Waals surface area (Å²) in [7, 11) is 0. The van der Waals surface area contributed by atoms with Gasteiger partial charge in [0.1, 0.15) is 0 Å². The fraction of sp³-hybridized carbons (Fsp3) is 0.333. The number of nitrogen functional groups attached to an aromatic ring is 1. The lowest BCUT2D eigenvalue weighted by Crippen LogP contribution is -1.97. The Morgan fingerprint density at radius 3 is 2.93 bits per heavy atom. The highest BCUT2D eigenvalue weighted by Crippen LogP contribution is 2.32. The SMILES string of the molecule is Nc1ccc2c(ccn2CC2CC2)c1. The standard InChI is InChI=1S/C12H14N2/c13-11-3-4-12-10(7-11)5-6-14(12)8-9-1-2-9/h3-7,9H,1-2,8,13H2. The first kappa shape index (κ1) is 7.92. The fourth-order valence-electron chi connectivity index (χ4n) is 1.96. The van der Waals surface area contributed by atoms with Crippen LogP contribution in [-0.2, 0) is 6.54 Å². The van der Waals surface area contributed by atoms with Crippen molar-refractivity contribution in [1.29, 1.82) is 0 Å². The normalized spacial score (nSPS) is 16.3. The van der Waals surface area contributed by atoms with Gasteiger partial charge >= 0.3 is 0 Å². The highest BCUT2D eigenvalue weighted by Gasteiger charge is 2.21. The van der Waals surface area contributed by atoms with E-state index >= 15 is 0 Å². The van der Waals surface area contributed by atoms with Gasteiger partial charge in [0.2, 0.25) is 0 Å². The molecule has 1 aromatic carbocycles. The van der Waals surface area contributed by atoms with Crippen molar-refractivity contribution >= 4 is 16.6 Å². The Labute approximate surface area is 83.3 Å². The molecule has 2 N–H and O–H groups in total. The fourth-order valence-corrected chi connectivity index (χ4v) is 1.96. The van der Waals surface area contributed by atoms with Crippen molar-refractivity contribution in [3.63, 3.8) is 0 Å². The average molecular weight is 186 g/mol. The second-order valence-corrected chi connectivity index (χ2v) is 4.23. The summed E-state index contributed by atoms with van der Waals surface area (Å²) in [5.41, 5.74) is 7.90. The third-order valence-electron chi connectivity index (χ3n) is 2.95. The first-order valence-corrected chi connectivity index (χ1v) is 5.17. The summed E-state index contributed by atoms with van der Waals surface area (Å²) in [6.45, 7) is 1.17. The van der Waals surface area contributed by atoms with Gasteiger partial charge in [-0.25, -0.2) is 0 Å². The van der Waals surface area contributed by atoms with Crippen LogP contribution in [0.4, 0.5) is 5.69 Å². The van der Waals surface area contributed by atoms with Gasteiger partial charge in [-0.3, -0.25) is 0 Å². The van der Waals surface area contributed by atoms with Gasteiger partial charge in [-0.05, 0) is 43.0 Å². The molecule has 2 heteroatoms. The maximum Gasteiger partial charge on any atom is 0.0481 e. The van der Waals surface area contributed by atoms with Gasteiger partial charge in [0.15, 0.2) is 0 Å². The number of nitrogens with zero attached hydrogens (tertiary/aromatic N) is 1. The lowest BCUT2D eigenvalue weighted by molar-refractivity contribution is 0.647. The van der Waals surface area contributed by atoms with E-state index in [0.717, 1.165) is 11.6 Å². The molecule has 1 aromatic heterocycles. The molecule has 2 aromatic rings. The number of aromatic nitrogens is 1. The van der Waals surface area contributed by atoms with Gasteiger partial charge in [-0.15, -0.1) is 0 Å². The Kier molecular flexibility index (Phi) is 1.57. The molecule has 0 radical (unpaired) electrons. The van der Waals surface area contributed by atoms with Gasteiger partial charge in [-0.2, -0.15) is 0 Å². The predicted molar refractivity (Wildman–Crippen MR) is 59.1 cm³/mol. The third-order valence-corrected chi connectivity index (χ3v) is 2.95. The summed E-state index contributed by atoms with van der Waals surface area (Å²) >= 11 is 0. The monoisotopic (exact) mass is 186 g/mol. The van der Waals surface area contributed by atoms with Crippen LogP contribution in [-0.4, -0.2) is 4.57 Å². The van der Waals surface area contributed by atoms with E-state index in [0.29, 0.717) is 0 Å². The zero-order valence-corrected chi connectivity index (χ0v) is 8.11. The quantitative estimate of drug-likeness (QED) is 0.718. The minimum absolute atomic E-state index is 0.849. The van der Waals surface area contributed by atoms with Crippen LogP contribution in [0.5, 0.6) is 0 Å². The molecule has 1 aliphatic rings. The summed E-state index contributed by atoms with van der Waals surface area (Å²) in [6, 6.07) is 8.28. The van der Waals surface area contributed by atoms with Crippen LogP contribution >= 0.6 is 0 Å². The van der Waals surface area contributed by atoms with Crippen LogP contribution in [0.3, 0.4) is 0 Å². The first-order chi connectivity index (χ1) is 6.83. The molecule has 14 heavy (non-hydrogen) atoms. The number of anilines is 1. The van der Waals surface area contributed by atoms with Crippen LogP contribution in [0.1, 0.15) is 12.8 Å². The van der Waals surface area contributed by atoms with E-state index in [2.05, 4.69) is 22.9 Å². The molecule has 0 spiro atoms. The van der Waals surface area contributed by atoms with Crippen LogP contribution in [0, 0.1) is 5.92 Å². The summed E-state index contributed by atoms with van der Waals surface area (Å²) in [5.74, 6) is 0.920. The number of hydrogen-bond donors (Lipinski definition) is 1. The molecule has 1 fully saturated rings. The van der Waals surface area contributed by atoms with Crippen molar-refractivity contribution in [2.45, 2.75) is 19.4 Å². The van der Waals surface area contributed by atoms with Gasteiger partial charge < -0.3 is 10.3 Å². The van der Waals surface area contributed by atoms with Crippen molar-refractivity contribution in [3.8, 4) is 0 Å². The molecule has 0 atom stereocenters. The van der Waals surface area contributed by atoms with Crippen LogP contribution < -0.4 is 5.73 Å². The van der Waals surface area contributed by atoms with Crippen LogP contribution in [0.15, 0.2) is 30.5 Å². The van der Waals surface area contributed by atoms with E-state index < -0.39 is 0 Å². The molecule has 3 rings (SSSR count). The van der Waals surface area contributed by atoms with Crippen LogP contribution in [0.25, 0.3) is 10.9 Å². The lowest BCUT2D eigenvalue weighted by Gasteiger charge is -2.03. The van der Waals surface area contributed by atoms with E-state index in [9.17, 15) is 0 Å². The molecule has 1 heterocycles. The predicted octanol–water partition coefficient (Wildman–Crippen LogP) is 2.63. The highest BCUT2D eigenvalue weighted by atomic mass is 15.0. The van der Waals surface area contributed by atoms with E-state index in [1.54, 1.807) is 0 Å². The molecule has 0 saturated heterocycles. The Morgan fingerprint density at radius 1 is 1.29 bits per heavy atom. The van der Waals surface area contributed by atoms with Gasteiger partial charge in [0.25, 0.3) is 0 Å². The smallest absolute Gasteiger partial charge is 0.0481 e. The second kappa shape index (κ2) is 2.77. The van der Waals surface area contributed by atoms with E-state index in [1.807, 2.05) is 12.1 Å². The molecular weight excluding hydrogens is 172 g/mol. The van der Waals surface area contributed by atoms with Gasteiger partial charge in [0.05, 0.1) is 0 Å². The number of nitrogens with two attached hydrogens (primary N) is 1. The summed E-state index contributed by atoms with van der Waals surface area (Å²) in [6.07, 6.45) is 4.96. The molecule has 0 bridgehead atoms. The number of fused-ring (bicyclic) bond motifs is 1. The first-order valence-electron chi connectivity index (χ1n) is 5.17. The van der Waals surface area contributed by atoms with Crippen molar-refractivity contribution in [2.24, 2.45) is 5.92 Å². The summed E-state index contributed by atoms with van der Waals surface area (Å²) in [4.78, 5) is 0. The second-order valence-electron chi connectivity index (χ2n) is 4.23. The minimum atomic E-state index is 0.849. The highest BCUT2D eigenvalue weighted by molar-refractivity contribution is 5.83. The molecule has 1 aliphatic carbocycles. The number of rotatable bonds is 2. The molecule has 0 aliphatic heterocycles. The number of benzene rings is 1. The molecule has 0 unspecified atom stereocenters. The van der Waals surface area contributed by atoms with Crippen molar-refractivity contribution in [1.82, 2.24) is 4.57 Å². The Hall–Kier alpha value is -1.44. The zero-order valence-electron chi connectivity index (χ0n) is 8.11. The van der Waals surface area contributed by atoms with E-state index in [1.165, 1.54) is 30.3 Å². The van der Waals surface area contributed by atoms with Gasteiger partial charge in [0, 0.05) is 29.3 Å². The summed E-state index contributed by atoms with van der Waals surface area (Å²) in [5, 5.41) is 1.26. The molecule has 1 saturated carbocycles. The maximum absolute atomic E-state index is 5.74. The van der Waals surface area contributed by atoms with Crippen molar-refractivity contribution < 1.29 is 0 Å². The molecule has 0 amide bonds. The third kappa shape index (κ3) is 1.27. The van der Waals surface area contributed by atoms with Gasteiger partial charge in [-0.1, -0.05) is 0 Å². The maximum atomic E-state index is 5.74. The lowest BCUT2D eigenvalue weighted by atomic mass is 10.2. The largest absolute Gasteiger partial charge is 0.399 e. The van der Waals surface area contributed by atoms with Crippen LogP contribution in [0.2, 0.25) is 0 Å². The van der Waals surface area contributed by atoms with Crippen molar-refractivity contribution in [2.75, 3.05) is 5.73 Å². The van der Waals surface area contributed by atoms with E-state index in [4.69, 9.17) is 5.73 Å².